The zero-order valence-electron chi connectivity index (χ0n) is 18.3. The molecule has 1 aromatic heterocycles. The van der Waals surface area contributed by atoms with E-state index in [1.165, 1.54) is 23.8 Å². The zero-order chi connectivity index (χ0) is 23.4. The molecular weight excluding hydrogens is 455 g/mol. The summed E-state index contributed by atoms with van der Waals surface area (Å²) in [5.74, 6) is -0.288. The summed E-state index contributed by atoms with van der Waals surface area (Å²) in [5.41, 5.74) is 2.26. The maximum Gasteiger partial charge on any atom is 0.264 e. The minimum absolute atomic E-state index is 0.259. The molecule has 5 rings (SSSR count). The molecule has 0 bridgehead atoms. The minimum Gasteiger partial charge on any atom is -0.348 e. The standard InChI is InChI=1S/C24H18Cl2N2O2.C3H6/c1-15-21(23(29)27-14-16-7-5-8-17(25)13-16)19-11-6-12-20(26)22(19)24(30)28(15)18-9-3-2-4-10-18;1-2-3-1/h2-13H,14H2,1H3,(H,27,29);1-3H2. The lowest BCUT2D eigenvalue weighted by molar-refractivity contribution is 0.0951. The largest absolute Gasteiger partial charge is 0.348 e. The summed E-state index contributed by atoms with van der Waals surface area (Å²) in [7, 11) is 0. The van der Waals surface area contributed by atoms with Crippen LogP contribution in [0.25, 0.3) is 16.5 Å². The minimum atomic E-state index is -0.288. The second-order valence-electron chi connectivity index (χ2n) is 7.97. The summed E-state index contributed by atoms with van der Waals surface area (Å²) < 4.78 is 1.53. The maximum absolute atomic E-state index is 13.3. The topological polar surface area (TPSA) is 51.1 Å². The SMILES string of the molecule is C1CC1.Cc1c(C(=O)NCc2cccc(Cl)c2)c2cccc(Cl)c2c(=O)n1-c1ccccc1. The van der Waals surface area contributed by atoms with E-state index in [1.54, 1.807) is 37.3 Å². The molecule has 0 radical (unpaired) electrons. The highest BCUT2D eigenvalue weighted by Crippen LogP contribution is 2.27. The van der Waals surface area contributed by atoms with Crippen LogP contribution in [-0.4, -0.2) is 10.5 Å². The van der Waals surface area contributed by atoms with Gasteiger partial charge in [0.25, 0.3) is 11.5 Å². The summed E-state index contributed by atoms with van der Waals surface area (Å²) in [6, 6.07) is 21.7. The number of aromatic nitrogens is 1. The Morgan fingerprint density at radius 2 is 1.64 bits per heavy atom. The molecule has 33 heavy (non-hydrogen) atoms. The average Bonchev–Trinajstić information content (AvgIpc) is 3.68. The lowest BCUT2D eigenvalue weighted by Crippen LogP contribution is -2.29. The van der Waals surface area contributed by atoms with Crippen LogP contribution in [-0.2, 0) is 6.54 Å². The summed E-state index contributed by atoms with van der Waals surface area (Å²) >= 11 is 12.4. The highest BCUT2D eigenvalue weighted by Gasteiger charge is 2.21. The van der Waals surface area contributed by atoms with Crippen molar-refractivity contribution in [1.82, 2.24) is 9.88 Å². The van der Waals surface area contributed by atoms with Crippen molar-refractivity contribution in [3.8, 4) is 5.69 Å². The second-order valence-corrected chi connectivity index (χ2v) is 8.82. The molecule has 0 aliphatic heterocycles. The van der Waals surface area contributed by atoms with Gasteiger partial charge in [-0.15, -0.1) is 0 Å². The highest BCUT2D eigenvalue weighted by atomic mass is 35.5. The number of hydrogen-bond donors (Lipinski definition) is 1. The molecule has 1 amide bonds. The Morgan fingerprint density at radius 1 is 0.939 bits per heavy atom. The van der Waals surface area contributed by atoms with Crippen molar-refractivity contribution in [1.29, 1.82) is 0 Å². The van der Waals surface area contributed by atoms with Gasteiger partial charge in [0.15, 0.2) is 0 Å². The molecule has 1 heterocycles. The Morgan fingerprint density at radius 3 is 2.30 bits per heavy atom. The predicted octanol–water partition coefficient (Wildman–Crippen LogP) is 6.71. The number of fused-ring (bicyclic) bond motifs is 1. The van der Waals surface area contributed by atoms with Gasteiger partial charge in [-0.1, -0.05) is 84.9 Å². The fourth-order valence-corrected chi connectivity index (χ4v) is 4.08. The number of benzene rings is 3. The number of carbonyl (C=O) groups excluding carboxylic acids is 1. The molecule has 4 aromatic rings. The third kappa shape index (κ3) is 5.29. The molecule has 168 valence electrons. The van der Waals surface area contributed by atoms with Gasteiger partial charge < -0.3 is 5.32 Å². The first-order valence-corrected chi connectivity index (χ1v) is 11.6. The predicted molar refractivity (Wildman–Crippen MR) is 136 cm³/mol. The van der Waals surface area contributed by atoms with Crippen LogP contribution < -0.4 is 10.9 Å². The number of carbonyl (C=O) groups is 1. The smallest absolute Gasteiger partial charge is 0.264 e. The summed E-state index contributed by atoms with van der Waals surface area (Å²) in [6.07, 6.45) is 4.50. The van der Waals surface area contributed by atoms with E-state index >= 15 is 0 Å². The van der Waals surface area contributed by atoms with Crippen LogP contribution >= 0.6 is 23.2 Å². The summed E-state index contributed by atoms with van der Waals surface area (Å²) in [5, 5.41) is 4.70. The second kappa shape index (κ2) is 10.2. The van der Waals surface area contributed by atoms with Crippen LogP contribution in [0.15, 0.2) is 77.6 Å². The van der Waals surface area contributed by atoms with E-state index in [0.29, 0.717) is 44.3 Å². The van der Waals surface area contributed by atoms with Gasteiger partial charge in [0.1, 0.15) is 0 Å². The van der Waals surface area contributed by atoms with Crippen LogP contribution in [0.5, 0.6) is 0 Å². The molecule has 0 atom stereocenters. The first-order chi connectivity index (χ1) is 16.0. The molecule has 0 unspecified atom stereocenters. The quantitative estimate of drug-likeness (QED) is 0.354. The zero-order valence-corrected chi connectivity index (χ0v) is 19.8. The van der Waals surface area contributed by atoms with E-state index in [0.717, 1.165) is 5.56 Å². The molecular formula is C27H24Cl2N2O2. The molecule has 1 saturated carbocycles. The average molecular weight is 479 g/mol. The lowest BCUT2D eigenvalue weighted by atomic mass is 10.0. The van der Waals surface area contributed by atoms with Crippen molar-refractivity contribution in [2.45, 2.75) is 32.7 Å². The van der Waals surface area contributed by atoms with Gasteiger partial charge in [0.2, 0.25) is 0 Å². The number of halogens is 2. The fourth-order valence-electron chi connectivity index (χ4n) is 3.61. The molecule has 0 saturated heterocycles. The number of hydrogen-bond acceptors (Lipinski definition) is 2. The van der Waals surface area contributed by atoms with Gasteiger partial charge in [0, 0.05) is 28.3 Å². The van der Waals surface area contributed by atoms with Crippen LogP contribution in [0, 0.1) is 6.92 Å². The number of amides is 1. The first kappa shape index (κ1) is 23.1. The Labute approximate surface area is 202 Å². The van der Waals surface area contributed by atoms with Crippen molar-refractivity contribution in [2.75, 3.05) is 0 Å². The maximum atomic E-state index is 13.3. The van der Waals surface area contributed by atoms with E-state index in [4.69, 9.17) is 23.2 Å². The normalized spacial score (nSPS) is 12.1. The monoisotopic (exact) mass is 478 g/mol. The molecule has 1 fully saturated rings. The Kier molecular flexibility index (Phi) is 7.17. The number of nitrogens with one attached hydrogen (secondary N) is 1. The van der Waals surface area contributed by atoms with Crippen LogP contribution in [0.3, 0.4) is 0 Å². The molecule has 0 spiro atoms. The van der Waals surface area contributed by atoms with E-state index in [2.05, 4.69) is 5.32 Å². The fraction of sp³-hybridized carbons (Fsp3) is 0.185. The number of nitrogens with zero attached hydrogens (tertiary/aromatic N) is 1. The van der Waals surface area contributed by atoms with Crippen molar-refractivity contribution in [2.24, 2.45) is 0 Å². The highest BCUT2D eigenvalue weighted by molar-refractivity contribution is 6.36. The van der Waals surface area contributed by atoms with E-state index in [9.17, 15) is 9.59 Å². The summed E-state index contributed by atoms with van der Waals surface area (Å²) in [4.78, 5) is 26.5. The lowest BCUT2D eigenvalue weighted by Gasteiger charge is -2.18. The van der Waals surface area contributed by atoms with Crippen molar-refractivity contribution in [3.63, 3.8) is 0 Å². The van der Waals surface area contributed by atoms with E-state index in [1.807, 2.05) is 42.5 Å². The first-order valence-electron chi connectivity index (χ1n) is 10.9. The van der Waals surface area contributed by atoms with Gasteiger partial charge >= 0.3 is 0 Å². The van der Waals surface area contributed by atoms with Gasteiger partial charge in [-0.05, 0) is 42.8 Å². The van der Waals surface area contributed by atoms with Gasteiger partial charge in [-0.2, -0.15) is 0 Å². The van der Waals surface area contributed by atoms with Crippen LogP contribution in [0.2, 0.25) is 10.0 Å². The van der Waals surface area contributed by atoms with Gasteiger partial charge in [-0.3, -0.25) is 14.2 Å². The van der Waals surface area contributed by atoms with E-state index in [-0.39, 0.29) is 11.5 Å². The van der Waals surface area contributed by atoms with Gasteiger partial charge in [0.05, 0.1) is 16.0 Å². The van der Waals surface area contributed by atoms with Crippen molar-refractivity contribution < 1.29 is 4.79 Å². The Bertz CT molecular complexity index is 1360. The van der Waals surface area contributed by atoms with Crippen molar-refractivity contribution >= 4 is 39.9 Å². The number of pyridine rings is 1. The Balaban J connectivity index is 0.000000799. The van der Waals surface area contributed by atoms with E-state index < -0.39 is 0 Å². The van der Waals surface area contributed by atoms with Gasteiger partial charge in [-0.25, -0.2) is 0 Å². The molecule has 4 nitrogen and oxygen atoms in total. The molecule has 1 aliphatic rings. The van der Waals surface area contributed by atoms with Crippen LogP contribution in [0.1, 0.15) is 40.9 Å². The Hall–Kier alpha value is -3.08. The molecule has 1 N–H and O–H groups in total. The summed E-state index contributed by atoms with van der Waals surface area (Å²) in [6.45, 7) is 2.08. The third-order valence-corrected chi connectivity index (χ3v) is 5.88. The molecule has 3 aromatic carbocycles. The van der Waals surface area contributed by atoms with Crippen molar-refractivity contribution in [3.05, 3.63) is 110 Å². The molecule has 1 aliphatic carbocycles. The third-order valence-electron chi connectivity index (χ3n) is 5.33. The number of para-hydroxylation sites is 1. The van der Waals surface area contributed by atoms with Crippen LogP contribution in [0.4, 0.5) is 0 Å². The number of rotatable bonds is 4. The molecule has 6 heteroatoms.